The zero-order valence-corrected chi connectivity index (χ0v) is 19.0. The van der Waals surface area contributed by atoms with E-state index in [-0.39, 0.29) is 12.5 Å². The molecular weight excluding hydrogens is 420 g/mol. The Hall–Kier alpha value is -3.71. The van der Waals surface area contributed by atoms with Crippen LogP contribution in [-0.4, -0.2) is 27.4 Å². The number of hydrogen-bond donors (Lipinski definition) is 1. The molecule has 6 nitrogen and oxygen atoms in total. The van der Waals surface area contributed by atoms with Crippen LogP contribution < -0.4 is 10.1 Å². The van der Waals surface area contributed by atoms with Crippen LogP contribution in [0.25, 0.3) is 17.1 Å². The van der Waals surface area contributed by atoms with Crippen LogP contribution in [0.2, 0.25) is 0 Å². The molecule has 0 saturated heterocycles. The molecule has 0 saturated carbocycles. The van der Waals surface area contributed by atoms with E-state index in [1.54, 1.807) is 11.8 Å². The second-order valence-corrected chi connectivity index (χ2v) is 7.89. The van der Waals surface area contributed by atoms with Gasteiger partial charge in [-0.05, 0) is 74.1 Å². The first-order chi connectivity index (χ1) is 15.5. The number of anilines is 1. The molecule has 0 unspecified atom stereocenters. The maximum atomic E-state index is 12.7. The summed E-state index contributed by atoms with van der Waals surface area (Å²) in [6, 6.07) is 23.2. The average molecular weight is 445 g/mol. The van der Waals surface area contributed by atoms with Crippen LogP contribution in [0, 0.1) is 18.6 Å². The molecule has 0 aliphatic heterocycles. The van der Waals surface area contributed by atoms with Gasteiger partial charge >= 0.3 is 0 Å². The Morgan fingerprint density at radius 2 is 1.69 bits per heavy atom. The highest BCUT2D eigenvalue weighted by atomic mass is 32.1. The van der Waals surface area contributed by atoms with Crippen molar-refractivity contribution in [3.05, 3.63) is 88.7 Å². The van der Waals surface area contributed by atoms with Crippen molar-refractivity contribution in [3.63, 3.8) is 0 Å². The Morgan fingerprint density at radius 3 is 2.34 bits per heavy atom. The molecule has 162 valence electrons. The monoisotopic (exact) mass is 444 g/mol. The van der Waals surface area contributed by atoms with Crippen molar-refractivity contribution in [2.75, 3.05) is 12.4 Å². The number of carbonyl (C=O) groups excluding carboxylic acids is 1. The molecule has 1 N–H and O–H groups in total. The van der Waals surface area contributed by atoms with Crippen LogP contribution in [0.15, 0.2) is 72.8 Å². The number of rotatable bonds is 6. The number of ether oxygens (including phenoxy) is 1. The quantitative estimate of drug-likeness (QED) is 0.408. The fourth-order valence-corrected chi connectivity index (χ4v) is 3.73. The normalized spacial score (nSPS) is 10.7. The van der Waals surface area contributed by atoms with E-state index in [0.717, 1.165) is 33.8 Å². The maximum absolute atomic E-state index is 12.7. The summed E-state index contributed by atoms with van der Waals surface area (Å²) in [5, 5.41) is 7.63. The molecule has 0 aliphatic rings. The summed E-state index contributed by atoms with van der Waals surface area (Å²) in [6.07, 6.45) is 0. The topological polar surface area (TPSA) is 61.1 Å². The number of carbonyl (C=O) groups is 1. The molecule has 3 aromatic carbocycles. The highest BCUT2D eigenvalue weighted by Gasteiger charge is 2.17. The summed E-state index contributed by atoms with van der Waals surface area (Å²) < 4.78 is 9.20. The van der Waals surface area contributed by atoms with Gasteiger partial charge in [0, 0.05) is 11.3 Å². The van der Waals surface area contributed by atoms with Gasteiger partial charge in [0.1, 0.15) is 12.3 Å². The summed E-state index contributed by atoms with van der Waals surface area (Å²) >= 11 is 5.76. The van der Waals surface area contributed by atoms with E-state index in [2.05, 4.69) is 5.32 Å². The van der Waals surface area contributed by atoms with Gasteiger partial charge in [-0.15, -0.1) is 0 Å². The predicted octanol–water partition coefficient (Wildman–Crippen LogP) is 5.33. The molecule has 4 aromatic rings. The van der Waals surface area contributed by atoms with Crippen LogP contribution in [0.5, 0.6) is 5.75 Å². The van der Waals surface area contributed by atoms with E-state index < -0.39 is 0 Å². The van der Waals surface area contributed by atoms with Crippen molar-refractivity contribution in [2.45, 2.75) is 20.4 Å². The summed E-state index contributed by atoms with van der Waals surface area (Å²) in [7, 11) is 1.63. The fraction of sp³-hybridized carbons (Fsp3) is 0.160. The van der Waals surface area contributed by atoms with Gasteiger partial charge < -0.3 is 10.1 Å². The number of aryl methyl sites for hydroxylation is 2. The lowest BCUT2D eigenvalue weighted by Crippen LogP contribution is -2.19. The molecule has 4 rings (SSSR count). The van der Waals surface area contributed by atoms with Crippen LogP contribution >= 0.6 is 12.2 Å². The Kier molecular flexibility index (Phi) is 6.18. The maximum Gasteiger partial charge on any atom is 0.246 e. The van der Waals surface area contributed by atoms with Crippen LogP contribution in [0.1, 0.15) is 11.1 Å². The van der Waals surface area contributed by atoms with Gasteiger partial charge in [-0.3, -0.25) is 9.36 Å². The van der Waals surface area contributed by atoms with Crippen LogP contribution in [0.4, 0.5) is 5.69 Å². The van der Waals surface area contributed by atoms with E-state index >= 15 is 0 Å². The molecule has 32 heavy (non-hydrogen) atoms. The molecule has 0 atom stereocenters. The number of benzene rings is 3. The van der Waals surface area contributed by atoms with Crippen molar-refractivity contribution in [1.82, 2.24) is 14.3 Å². The third-order valence-corrected chi connectivity index (χ3v) is 5.57. The lowest BCUT2D eigenvalue weighted by Gasteiger charge is -2.10. The zero-order chi connectivity index (χ0) is 22.7. The van der Waals surface area contributed by atoms with Gasteiger partial charge in [0.2, 0.25) is 10.7 Å². The number of para-hydroxylation sites is 1. The molecular formula is C25H24N4O2S. The molecule has 0 spiro atoms. The number of hydrogen-bond acceptors (Lipinski definition) is 4. The third kappa shape index (κ3) is 4.48. The molecule has 0 fully saturated rings. The summed E-state index contributed by atoms with van der Waals surface area (Å²) in [5.74, 6) is 1.22. The molecule has 0 radical (unpaired) electrons. The minimum atomic E-state index is -0.194. The van der Waals surface area contributed by atoms with Crippen LogP contribution in [0.3, 0.4) is 0 Å². The van der Waals surface area contributed by atoms with Crippen molar-refractivity contribution in [1.29, 1.82) is 0 Å². The summed E-state index contributed by atoms with van der Waals surface area (Å²) in [5.41, 5.74) is 4.72. The number of amides is 1. The average Bonchev–Trinajstić information content (AvgIpc) is 3.11. The van der Waals surface area contributed by atoms with Crippen LogP contribution in [-0.2, 0) is 11.3 Å². The zero-order valence-electron chi connectivity index (χ0n) is 18.2. The first-order valence-electron chi connectivity index (χ1n) is 10.2. The third-order valence-electron chi connectivity index (χ3n) is 5.17. The van der Waals surface area contributed by atoms with E-state index in [1.807, 2.05) is 91.2 Å². The lowest BCUT2D eigenvalue weighted by molar-refractivity contribution is -0.116. The van der Waals surface area contributed by atoms with Gasteiger partial charge in [0.05, 0.1) is 12.8 Å². The Balaban J connectivity index is 1.73. The van der Waals surface area contributed by atoms with Crippen molar-refractivity contribution >= 4 is 23.8 Å². The molecule has 0 aliphatic carbocycles. The van der Waals surface area contributed by atoms with Gasteiger partial charge in [0.15, 0.2) is 5.82 Å². The van der Waals surface area contributed by atoms with Crippen molar-refractivity contribution in [3.8, 4) is 22.8 Å². The molecule has 1 heterocycles. The molecule has 1 amide bonds. The number of nitrogens with one attached hydrogen (secondary N) is 1. The number of nitrogens with zero attached hydrogens (tertiary/aromatic N) is 3. The Bertz CT molecular complexity index is 1310. The minimum absolute atomic E-state index is 0.00868. The first kappa shape index (κ1) is 21.5. The second-order valence-electron chi connectivity index (χ2n) is 7.53. The fourth-order valence-electron chi connectivity index (χ4n) is 3.44. The van der Waals surface area contributed by atoms with E-state index in [1.165, 1.54) is 0 Å². The standard InChI is InChI=1S/C25H24N4O2S/c1-17-8-12-20(13-9-17)26-23(30)16-28-25(32)29(22-7-5-4-6-18(22)2)24(27-28)19-10-14-21(31-3)15-11-19/h4-15H,16H2,1-3H3,(H,26,30). The second kappa shape index (κ2) is 9.20. The SMILES string of the molecule is COc1ccc(-c2nn(CC(=O)Nc3ccc(C)cc3)c(=S)n2-c2ccccc2C)cc1. The van der Waals surface area contributed by atoms with E-state index in [9.17, 15) is 4.79 Å². The van der Waals surface area contributed by atoms with Gasteiger partial charge in [0.25, 0.3) is 0 Å². The molecule has 7 heteroatoms. The molecule has 0 bridgehead atoms. The predicted molar refractivity (Wildman–Crippen MR) is 129 cm³/mol. The van der Waals surface area contributed by atoms with Gasteiger partial charge in [-0.25, -0.2) is 4.68 Å². The number of methoxy groups -OCH3 is 1. The molecule has 1 aromatic heterocycles. The lowest BCUT2D eigenvalue weighted by atomic mass is 10.1. The summed E-state index contributed by atoms with van der Waals surface area (Å²) in [4.78, 5) is 12.7. The van der Waals surface area contributed by atoms with E-state index in [4.69, 9.17) is 22.1 Å². The van der Waals surface area contributed by atoms with Gasteiger partial charge in [-0.1, -0.05) is 35.9 Å². The van der Waals surface area contributed by atoms with Crippen molar-refractivity contribution in [2.24, 2.45) is 0 Å². The number of aromatic nitrogens is 3. The summed E-state index contributed by atoms with van der Waals surface area (Å²) in [6.45, 7) is 4.04. The van der Waals surface area contributed by atoms with Gasteiger partial charge in [-0.2, -0.15) is 5.10 Å². The largest absolute Gasteiger partial charge is 0.497 e. The van der Waals surface area contributed by atoms with Crippen molar-refractivity contribution < 1.29 is 9.53 Å². The minimum Gasteiger partial charge on any atom is -0.497 e. The van der Waals surface area contributed by atoms with E-state index in [0.29, 0.717) is 10.6 Å². The Labute approximate surface area is 192 Å². The Morgan fingerprint density at radius 1 is 1.00 bits per heavy atom. The smallest absolute Gasteiger partial charge is 0.246 e. The highest BCUT2D eigenvalue weighted by Crippen LogP contribution is 2.26. The highest BCUT2D eigenvalue weighted by molar-refractivity contribution is 7.71. The first-order valence-corrected chi connectivity index (χ1v) is 10.6.